The van der Waals surface area contributed by atoms with Gasteiger partial charge in [0, 0.05) is 12.4 Å². The predicted octanol–water partition coefficient (Wildman–Crippen LogP) is 2.67. The molecule has 0 saturated heterocycles. The van der Waals surface area contributed by atoms with Crippen LogP contribution >= 0.6 is 27.3 Å². The smallest absolute Gasteiger partial charge is 0.202 e. The van der Waals surface area contributed by atoms with Gasteiger partial charge < -0.3 is 0 Å². The summed E-state index contributed by atoms with van der Waals surface area (Å²) in [5.74, 6) is 0.580. The molecule has 5 rings (SSSR count). The van der Waals surface area contributed by atoms with Crippen LogP contribution in [0.3, 0.4) is 0 Å². The molecule has 0 atom stereocenters. The second-order valence-electron chi connectivity index (χ2n) is 5.17. The minimum absolute atomic E-state index is 0.523. The van der Waals surface area contributed by atoms with E-state index in [1.54, 1.807) is 37.7 Å². The van der Waals surface area contributed by atoms with E-state index >= 15 is 0 Å². The number of halogens is 1. The lowest BCUT2D eigenvalue weighted by molar-refractivity contribution is 0.503. The number of fused-ring (bicyclic) bond motifs is 3. The number of aromatic nitrogens is 8. The maximum atomic E-state index is 4.62. The summed E-state index contributed by atoms with van der Waals surface area (Å²) >= 11 is 4.97. The zero-order valence-electron chi connectivity index (χ0n) is 12.1. The van der Waals surface area contributed by atoms with Crippen molar-refractivity contribution in [2.24, 2.45) is 0 Å². The van der Waals surface area contributed by atoms with E-state index in [0.29, 0.717) is 18.2 Å². The van der Waals surface area contributed by atoms with E-state index in [1.165, 1.54) is 0 Å². The molecule has 0 N–H and O–H groups in total. The van der Waals surface area contributed by atoms with Crippen molar-refractivity contribution in [2.75, 3.05) is 0 Å². The van der Waals surface area contributed by atoms with Gasteiger partial charge in [0.15, 0.2) is 5.65 Å². The average Bonchev–Trinajstić information content (AvgIpc) is 3.32. The molecule has 0 fully saturated rings. The summed E-state index contributed by atoms with van der Waals surface area (Å²) in [5.41, 5.74) is 1.51. The highest BCUT2D eigenvalue weighted by Crippen LogP contribution is 2.23. The standard InChI is InChI=1S/C14H9BrN8S/c15-9-5-17-22(6-9)8-21-3-1-11(19-21)12-18-13-10-2-4-24-14(10)16-7-23(13)20-12/h1-7H,8H2. The fourth-order valence-electron chi connectivity index (χ4n) is 2.50. The van der Waals surface area contributed by atoms with Crippen molar-refractivity contribution in [1.82, 2.24) is 39.1 Å². The number of nitrogens with zero attached hydrogens (tertiary/aromatic N) is 8. The van der Waals surface area contributed by atoms with E-state index in [-0.39, 0.29) is 0 Å². The Morgan fingerprint density at radius 2 is 2.12 bits per heavy atom. The maximum Gasteiger partial charge on any atom is 0.202 e. The summed E-state index contributed by atoms with van der Waals surface area (Å²) in [5, 5.41) is 16.2. The Hall–Kier alpha value is -2.59. The van der Waals surface area contributed by atoms with Crippen molar-refractivity contribution in [3.05, 3.63) is 46.9 Å². The van der Waals surface area contributed by atoms with Crippen LogP contribution in [0.25, 0.3) is 27.4 Å². The largest absolute Gasteiger partial charge is 0.250 e. The van der Waals surface area contributed by atoms with Crippen LogP contribution in [-0.4, -0.2) is 39.1 Å². The van der Waals surface area contributed by atoms with Crippen molar-refractivity contribution < 1.29 is 0 Å². The van der Waals surface area contributed by atoms with Crippen LogP contribution in [0.4, 0.5) is 0 Å². The van der Waals surface area contributed by atoms with E-state index in [1.807, 2.05) is 29.9 Å². The molecule has 0 spiro atoms. The molecule has 5 aromatic rings. The van der Waals surface area contributed by atoms with Gasteiger partial charge >= 0.3 is 0 Å². The Morgan fingerprint density at radius 1 is 1.17 bits per heavy atom. The third kappa shape index (κ3) is 2.22. The molecular formula is C14H9BrN8S. The summed E-state index contributed by atoms with van der Waals surface area (Å²) in [4.78, 5) is 9.95. The second kappa shape index (κ2) is 5.21. The first-order chi connectivity index (χ1) is 11.8. The molecule has 0 amide bonds. The molecule has 0 unspecified atom stereocenters. The SMILES string of the molecule is Brc1cnn(Cn2ccc(-c3nc4c5ccsc5ncn4n3)n2)c1. The minimum atomic E-state index is 0.523. The highest BCUT2D eigenvalue weighted by Gasteiger charge is 2.13. The van der Waals surface area contributed by atoms with Gasteiger partial charge in [-0.15, -0.1) is 16.4 Å². The van der Waals surface area contributed by atoms with Crippen molar-refractivity contribution in [3.63, 3.8) is 0 Å². The Kier molecular flexibility index (Phi) is 3.00. The van der Waals surface area contributed by atoms with Crippen molar-refractivity contribution in [3.8, 4) is 11.5 Å². The maximum absolute atomic E-state index is 4.62. The zero-order valence-corrected chi connectivity index (χ0v) is 14.5. The van der Waals surface area contributed by atoms with Gasteiger partial charge in [0.05, 0.1) is 16.1 Å². The lowest BCUT2D eigenvalue weighted by atomic mass is 10.4. The molecule has 0 radical (unpaired) electrons. The third-order valence-electron chi connectivity index (χ3n) is 3.56. The number of rotatable bonds is 3. The first-order valence-electron chi connectivity index (χ1n) is 7.07. The van der Waals surface area contributed by atoms with Crippen molar-refractivity contribution in [2.45, 2.75) is 6.67 Å². The van der Waals surface area contributed by atoms with Crippen LogP contribution in [0.1, 0.15) is 0 Å². The zero-order chi connectivity index (χ0) is 16.1. The lowest BCUT2D eigenvalue weighted by Crippen LogP contribution is -2.08. The highest BCUT2D eigenvalue weighted by molar-refractivity contribution is 9.10. The van der Waals surface area contributed by atoms with Gasteiger partial charge in [-0.3, -0.25) is 4.68 Å². The van der Waals surface area contributed by atoms with E-state index in [9.17, 15) is 0 Å². The van der Waals surface area contributed by atoms with Gasteiger partial charge in [-0.05, 0) is 33.4 Å². The molecule has 5 aromatic heterocycles. The molecule has 0 saturated carbocycles. The monoisotopic (exact) mass is 400 g/mol. The van der Waals surface area contributed by atoms with Crippen LogP contribution in [0.5, 0.6) is 0 Å². The van der Waals surface area contributed by atoms with Gasteiger partial charge in [0.25, 0.3) is 0 Å². The molecule has 0 aliphatic rings. The van der Waals surface area contributed by atoms with Crippen LogP contribution in [-0.2, 0) is 6.67 Å². The summed E-state index contributed by atoms with van der Waals surface area (Å²) in [6.45, 7) is 0.523. The van der Waals surface area contributed by atoms with E-state index < -0.39 is 0 Å². The first kappa shape index (κ1) is 13.8. The lowest BCUT2D eigenvalue weighted by Gasteiger charge is -2.00. The third-order valence-corrected chi connectivity index (χ3v) is 4.79. The van der Waals surface area contributed by atoms with Crippen LogP contribution in [0.2, 0.25) is 0 Å². The topological polar surface area (TPSA) is 78.7 Å². The van der Waals surface area contributed by atoms with Crippen molar-refractivity contribution >= 4 is 43.1 Å². The molecule has 8 nitrogen and oxygen atoms in total. The highest BCUT2D eigenvalue weighted by atomic mass is 79.9. The van der Waals surface area contributed by atoms with Crippen LogP contribution < -0.4 is 0 Å². The normalized spacial score (nSPS) is 11.7. The fourth-order valence-corrected chi connectivity index (χ4v) is 3.55. The Morgan fingerprint density at radius 3 is 3.00 bits per heavy atom. The van der Waals surface area contributed by atoms with E-state index in [2.05, 4.69) is 41.2 Å². The molecule has 0 aromatic carbocycles. The molecule has 10 heteroatoms. The molecule has 0 aliphatic carbocycles. The van der Waals surface area contributed by atoms with Gasteiger partial charge in [0.2, 0.25) is 5.82 Å². The molecule has 24 heavy (non-hydrogen) atoms. The number of hydrogen-bond donors (Lipinski definition) is 0. The second-order valence-corrected chi connectivity index (χ2v) is 6.98. The van der Waals surface area contributed by atoms with E-state index in [0.717, 1.165) is 20.3 Å². The number of hydrogen-bond acceptors (Lipinski definition) is 6. The Bertz CT molecular complexity index is 1170. The Balaban J connectivity index is 1.53. The van der Waals surface area contributed by atoms with Crippen LogP contribution in [0, 0.1) is 0 Å². The average molecular weight is 401 g/mol. The molecule has 5 heterocycles. The first-order valence-corrected chi connectivity index (χ1v) is 8.74. The van der Waals surface area contributed by atoms with Gasteiger partial charge in [-0.25, -0.2) is 19.2 Å². The summed E-state index contributed by atoms with van der Waals surface area (Å²) in [7, 11) is 0. The molecule has 118 valence electrons. The predicted molar refractivity (Wildman–Crippen MR) is 92.7 cm³/mol. The van der Waals surface area contributed by atoms with Gasteiger partial charge in [-0.2, -0.15) is 10.2 Å². The Labute approximate surface area is 147 Å². The van der Waals surface area contributed by atoms with Gasteiger partial charge in [0.1, 0.15) is 23.5 Å². The molecule has 0 aliphatic heterocycles. The summed E-state index contributed by atoms with van der Waals surface area (Å²) in [6, 6.07) is 3.90. The molecular weight excluding hydrogens is 392 g/mol. The summed E-state index contributed by atoms with van der Waals surface area (Å²) in [6.07, 6.45) is 7.20. The van der Waals surface area contributed by atoms with E-state index in [4.69, 9.17) is 0 Å². The van der Waals surface area contributed by atoms with Crippen molar-refractivity contribution in [1.29, 1.82) is 0 Å². The number of thiophene rings is 1. The fraction of sp³-hybridized carbons (Fsp3) is 0.0714. The molecule has 0 bridgehead atoms. The quantitative estimate of drug-likeness (QED) is 0.465. The van der Waals surface area contributed by atoms with Crippen LogP contribution in [0.15, 0.2) is 46.9 Å². The minimum Gasteiger partial charge on any atom is -0.250 e. The summed E-state index contributed by atoms with van der Waals surface area (Å²) < 4.78 is 6.20. The van der Waals surface area contributed by atoms with Gasteiger partial charge in [-0.1, -0.05) is 0 Å².